The predicted molar refractivity (Wildman–Crippen MR) is 83.9 cm³/mol. The second-order valence-electron chi connectivity index (χ2n) is 4.96. The summed E-state index contributed by atoms with van der Waals surface area (Å²) < 4.78 is 0. The van der Waals surface area contributed by atoms with Gasteiger partial charge in [-0.15, -0.1) is 0 Å². The molecule has 0 spiro atoms. The van der Waals surface area contributed by atoms with Crippen LogP contribution in [-0.4, -0.2) is 13.0 Å². The first-order valence-electron chi connectivity index (χ1n) is 7.16. The van der Waals surface area contributed by atoms with Gasteiger partial charge in [0.1, 0.15) is 0 Å². The van der Waals surface area contributed by atoms with Gasteiger partial charge in [0.2, 0.25) is 0 Å². The lowest BCUT2D eigenvalue weighted by molar-refractivity contribution is 0.0963. The molecule has 0 saturated heterocycles. The fraction of sp³-hybridized carbons (Fsp3) is 0.278. The maximum atomic E-state index is 11.7. The van der Waals surface area contributed by atoms with Gasteiger partial charge in [-0.3, -0.25) is 4.79 Å². The predicted octanol–water partition coefficient (Wildman–Crippen LogP) is 4.06. The lowest BCUT2D eigenvalue weighted by Crippen LogP contribution is -2.17. The molecule has 0 atom stereocenters. The molecular formula is C18H21NO. The van der Waals surface area contributed by atoms with Crippen LogP contribution >= 0.6 is 0 Å². The van der Waals surface area contributed by atoms with Crippen molar-refractivity contribution in [2.45, 2.75) is 26.2 Å². The van der Waals surface area contributed by atoms with Crippen molar-refractivity contribution in [2.24, 2.45) is 0 Å². The molecule has 0 aliphatic rings. The Hall–Kier alpha value is -2.09. The van der Waals surface area contributed by atoms with Crippen LogP contribution in [0.4, 0.5) is 0 Å². The summed E-state index contributed by atoms with van der Waals surface area (Å²) >= 11 is 0. The van der Waals surface area contributed by atoms with Crippen molar-refractivity contribution in [1.29, 1.82) is 0 Å². The molecule has 2 nitrogen and oxygen atoms in total. The molecule has 2 rings (SSSR count). The molecule has 0 fully saturated rings. The molecule has 1 amide bonds. The summed E-state index contributed by atoms with van der Waals surface area (Å²) in [5, 5.41) is 2.65. The fourth-order valence-electron chi connectivity index (χ4n) is 2.23. The van der Waals surface area contributed by atoms with Gasteiger partial charge >= 0.3 is 0 Å². The van der Waals surface area contributed by atoms with Gasteiger partial charge in [-0.05, 0) is 41.7 Å². The summed E-state index contributed by atoms with van der Waals surface area (Å²) in [4.78, 5) is 11.7. The topological polar surface area (TPSA) is 29.1 Å². The summed E-state index contributed by atoms with van der Waals surface area (Å²) in [6.07, 6.45) is 3.58. The van der Waals surface area contributed by atoms with Gasteiger partial charge < -0.3 is 5.32 Å². The van der Waals surface area contributed by atoms with Crippen molar-refractivity contribution in [1.82, 2.24) is 5.32 Å². The molecule has 1 N–H and O–H groups in total. The summed E-state index contributed by atoms with van der Waals surface area (Å²) in [6.45, 7) is 2.21. The van der Waals surface area contributed by atoms with E-state index in [1.165, 1.54) is 18.4 Å². The smallest absolute Gasteiger partial charge is 0.251 e. The van der Waals surface area contributed by atoms with Gasteiger partial charge in [-0.2, -0.15) is 0 Å². The lowest BCUT2D eigenvalue weighted by atomic mass is 10.00. The molecule has 2 aromatic carbocycles. The Morgan fingerprint density at radius 3 is 2.45 bits per heavy atom. The Morgan fingerprint density at radius 1 is 1.05 bits per heavy atom. The summed E-state index contributed by atoms with van der Waals surface area (Å²) in [6, 6.07) is 16.3. The van der Waals surface area contributed by atoms with Gasteiger partial charge in [0.15, 0.2) is 0 Å². The molecule has 2 heteroatoms. The van der Waals surface area contributed by atoms with E-state index in [1.54, 1.807) is 7.05 Å². The molecular weight excluding hydrogens is 246 g/mol. The average Bonchev–Trinajstić information content (AvgIpc) is 2.52. The largest absolute Gasteiger partial charge is 0.355 e. The van der Waals surface area contributed by atoms with Crippen LogP contribution < -0.4 is 5.32 Å². The summed E-state index contributed by atoms with van der Waals surface area (Å²) in [5.74, 6) is -0.0496. The van der Waals surface area contributed by atoms with Crippen LogP contribution in [-0.2, 0) is 6.42 Å². The molecule has 2 aromatic rings. The molecule has 20 heavy (non-hydrogen) atoms. The Kier molecular flexibility index (Phi) is 4.94. The van der Waals surface area contributed by atoms with Crippen molar-refractivity contribution < 1.29 is 4.79 Å². The maximum absolute atomic E-state index is 11.7. The van der Waals surface area contributed by atoms with Crippen LogP contribution in [0, 0.1) is 0 Å². The highest BCUT2D eigenvalue weighted by molar-refractivity contribution is 5.95. The quantitative estimate of drug-likeness (QED) is 0.869. The zero-order valence-corrected chi connectivity index (χ0v) is 12.1. The van der Waals surface area contributed by atoms with Gasteiger partial charge in [0.05, 0.1) is 0 Å². The Labute approximate surface area is 120 Å². The number of hydrogen-bond donors (Lipinski definition) is 1. The number of rotatable bonds is 5. The summed E-state index contributed by atoms with van der Waals surface area (Å²) in [5.41, 5.74) is 4.29. The second-order valence-corrected chi connectivity index (χ2v) is 4.96. The monoisotopic (exact) mass is 267 g/mol. The average molecular weight is 267 g/mol. The third-order valence-corrected chi connectivity index (χ3v) is 3.46. The lowest BCUT2D eigenvalue weighted by Gasteiger charge is -2.06. The highest BCUT2D eigenvalue weighted by Crippen LogP contribution is 2.21. The standard InChI is InChI=1S/C18H21NO/c1-3-4-6-14-9-11-15(12-10-14)16-7-5-8-17(13-16)18(20)19-2/h5,7-13H,3-4,6H2,1-2H3,(H,19,20). The van der Waals surface area contributed by atoms with Crippen LogP contribution in [0.2, 0.25) is 0 Å². The van der Waals surface area contributed by atoms with E-state index in [9.17, 15) is 4.79 Å². The number of carbonyl (C=O) groups excluding carboxylic acids is 1. The fourth-order valence-corrected chi connectivity index (χ4v) is 2.23. The van der Waals surface area contributed by atoms with E-state index in [0.29, 0.717) is 5.56 Å². The molecule has 0 heterocycles. The van der Waals surface area contributed by atoms with Crippen LogP contribution in [0.3, 0.4) is 0 Å². The minimum Gasteiger partial charge on any atom is -0.355 e. The Morgan fingerprint density at radius 2 is 1.80 bits per heavy atom. The highest BCUT2D eigenvalue weighted by atomic mass is 16.1. The van der Waals surface area contributed by atoms with E-state index in [4.69, 9.17) is 0 Å². The second kappa shape index (κ2) is 6.90. The first kappa shape index (κ1) is 14.3. The SMILES string of the molecule is CCCCc1ccc(-c2cccc(C(=O)NC)c2)cc1. The number of carbonyl (C=O) groups is 1. The maximum Gasteiger partial charge on any atom is 0.251 e. The van der Waals surface area contributed by atoms with Crippen molar-refractivity contribution in [3.63, 3.8) is 0 Å². The summed E-state index contributed by atoms with van der Waals surface area (Å²) in [7, 11) is 1.65. The molecule has 0 aliphatic carbocycles. The number of benzene rings is 2. The molecule has 0 radical (unpaired) electrons. The Bertz CT molecular complexity index is 572. The van der Waals surface area contributed by atoms with E-state index >= 15 is 0 Å². The number of unbranched alkanes of at least 4 members (excludes halogenated alkanes) is 1. The van der Waals surface area contributed by atoms with E-state index in [0.717, 1.165) is 17.5 Å². The van der Waals surface area contributed by atoms with E-state index in [-0.39, 0.29) is 5.91 Å². The molecule has 0 saturated carbocycles. The first-order valence-corrected chi connectivity index (χ1v) is 7.16. The zero-order chi connectivity index (χ0) is 14.4. The van der Waals surface area contributed by atoms with Gasteiger partial charge in [0.25, 0.3) is 5.91 Å². The van der Waals surface area contributed by atoms with Crippen molar-refractivity contribution >= 4 is 5.91 Å². The van der Waals surface area contributed by atoms with E-state index in [1.807, 2.05) is 24.3 Å². The number of aryl methyl sites for hydroxylation is 1. The van der Waals surface area contributed by atoms with E-state index < -0.39 is 0 Å². The van der Waals surface area contributed by atoms with Gasteiger partial charge in [-0.25, -0.2) is 0 Å². The van der Waals surface area contributed by atoms with Crippen molar-refractivity contribution in [3.8, 4) is 11.1 Å². The van der Waals surface area contributed by atoms with Crippen LogP contribution in [0.15, 0.2) is 48.5 Å². The van der Waals surface area contributed by atoms with E-state index in [2.05, 4.69) is 36.5 Å². The normalized spacial score (nSPS) is 10.3. The number of amides is 1. The minimum absolute atomic E-state index is 0.0496. The molecule has 104 valence electrons. The number of hydrogen-bond acceptors (Lipinski definition) is 1. The zero-order valence-electron chi connectivity index (χ0n) is 12.1. The van der Waals surface area contributed by atoms with Crippen LogP contribution in [0.1, 0.15) is 35.7 Å². The minimum atomic E-state index is -0.0496. The third kappa shape index (κ3) is 3.47. The Balaban J connectivity index is 2.21. The van der Waals surface area contributed by atoms with Crippen LogP contribution in [0.5, 0.6) is 0 Å². The first-order chi connectivity index (χ1) is 9.74. The van der Waals surface area contributed by atoms with Crippen molar-refractivity contribution in [2.75, 3.05) is 7.05 Å². The van der Waals surface area contributed by atoms with Gasteiger partial charge in [-0.1, -0.05) is 49.7 Å². The van der Waals surface area contributed by atoms with Gasteiger partial charge in [0, 0.05) is 12.6 Å². The molecule has 0 unspecified atom stereocenters. The van der Waals surface area contributed by atoms with Crippen molar-refractivity contribution in [3.05, 3.63) is 59.7 Å². The number of nitrogens with one attached hydrogen (secondary N) is 1. The van der Waals surface area contributed by atoms with Crippen LogP contribution in [0.25, 0.3) is 11.1 Å². The third-order valence-electron chi connectivity index (χ3n) is 3.46. The molecule has 0 aromatic heterocycles. The molecule has 0 bridgehead atoms. The molecule has 0 aliphatic heterocycles. The highest BCUT2D eigenvalue weighted by Gasteiger charge is 2.05.